The predicted octanol–water partition coefficient (Wildman–Crippen LogP) is 11.5. The van der Waals surface area contributed by atoms with Crippen LogP contribution in [0.2, 0.25) is 0 Å². The molecule has 1 saturated heterocycles. The summed E-state index contributed by atoms with van der Waals surface area (Å²) < 4.78 is 38.1. The van der Waals surface area contributed by atoms with Crippen LogP contribution in [0, 0.1) is 0 Å². The van der Waals surface area contributed by atoms with Crippen molar-refractivity contribution in [3.8, 4) is 5.75 Å². The number of β-lactam (4-membered cyclic amide) rings is 1. The summed E-state index contributed by atoms with van der Waals surface area (Å²) in [5.41, 5.74) is 3.08. The van der Waals surface area contributed by atoms with E-state index in [0.717, 1.165) is 22.8 Å². The Morgan fingerprint density at radius 1 is 0.724 bits per heavy atom. The highest BCUT2D eigenvalue weighted by atomic mass is 32.2. The third kappa shape index (κ3) is 10.3. The zero-order chi connectivity index (χ0) is 52.5. The molecule has 2 aliphatic heterocycles. The third-order valence-corrected chi connectivity index (χ3v) is 15.2. The second kappa shape index (κ2) is 22.8. The van der Waals surface area contributed by atoms with E-state index in [-0.39, 0.29) is 35.0 Å². The lowest BCUT2D eigenvalue weighted by molar-refractivity contribution is -0.153. The Hall–Kier alpha value is -8.66. The summed E-state index contributed by atoms with van der Waals surface area (Å²) in [5, 5.41) is 12.8. The van der Waals surface area contributed by atoms with Crippen molar-refractivity contribution in [2.75, 3.05) is 18.2 Å². The van der Waals surface area contributed by atoms with Crippen LogP contribution in [-0.4, -0.2) is 64.1 Å². The average molecular weight is 1050 g/mol. The van der Waals surface area contributed by atoms with Gasteiger partial charge in [-0.2, -0.15) is 0 Å². The number of carbonyl (C=O) groups is 3. The molecule has 2 N–H and O–H groups in total. The molecule has 0 unspecified atom stereocenters. The van der Waals surface area contributed by atoms with Gasteiger partial charge in [-0.05, 0) is 46.0 Å². The second-order valence-corrected chi connectivity index (χ2v) is 19.6. The largest absolute Gasteiger partial charge is 0.497 e. The highest BCUT2D eigenvalue weighted by Crippen LogP contribution is 2.44. The van der Waals surface area contributed by atoms with E-state index in [1.807, 2.05) is 182 Å². The number of halogens is 2. The van der Waals surface area contributed by atoms with Gasteiger partial charge in [-0.1, -0.05) is 205 Å². The summed E-state index contributed by atoms with van der Waals surface area (Å²) in [6.45, 7) is -0.165. The number of ether oxygens (including phenoxy) is 2. The quantitative estimate of drug-likeness (QED) is 0.0267. The van der Waals surface area contributed by atoms with Gasteiger partial charge < -0.3 is 24.9 Å². The summed E-state index contributed by atoms with van der Waals surface area (Å²) in [7, 11) is 1.53. The number of methoxy groups -OCH3 is 1. The van der Waals surface area contributed by atoms with Crippen molar-refractivity contribution < 1.29 is 37.5 Å². The Balaban J connectivity index is 1.04. The van der Waals surface area contributed by atoms with Crippen LogP contribution in [-0.2, 0) is 41.7 Å². The molecule has 2 aliphatic rings. The molecule has 10 rings (SSSR count). The molecular formula is C61H49F2N5O6S2. The molecule has 2 atom stereocenters. The van der Waals surface area contributed by atoms with Crippen LogP contribution in [0.15, 0.2) is 240 Å². The summed E-state index contributed by atoms with van der Waals surface area (Å²) in [6.07, 6.45) is -1.03. The van der Waals surface area contributed by atoms with Crippen LogP contribution in [0.3, 0.4) is 0 Å². The van der Waals surface area contributed by atoms with Crippen molar-refractivity contribution in [3.05, 3.63) is 280 Å². The van der Waals surface area contributed by atoms with Gasteiger partial charge in [-0.25, -0.2) is 18.6 Å². The van der Waals surface area contributed by atoms with Crippen LogP contribution in [0.5, 0.6) is 5.75 Å². The van der Waals surface area contributed by atoms with E-state index >= 15 is 4.79 Å². The maximum Gasteiger partial charge on any atom is 0.355 e. The van der Waals surface area contributed by atoms with Crippen molar-refractivity contribution >= 4 is 51.7 Å². The summed E-state index contributed by atoms with van der Waals surface area (Å²) >= 11 is 2.47. The number of benzene rings is 7. The fourth-order valence-corrected chi connectivity index (χ4v) is 11.5. The van der Waals surface area contributed by atoms with Crippen molar-refractivity contribution in [1.29, 1.82) is 0 Å². The number of nitrogens with one attached hydrogen (secondary N) is 2. The minimum absolute atomic E-state index is 0.0575. The van der Waals surface area contributed by atoms with E-state index in [9.17, 15) is 18.4 Å². The molecule has 380 valence electrons. The van der Waals surface area contributed by atoms with Gasteiger partial charge in [0, 0.05) is 27.8 Å². The van der Waals surface area contributed by atoms with Gasteiger partial charge in [0.2, 0.25) is 5.60 Å². The van der Waals surface area contributed by atoms with Crippen molar-refractivity contribution in [1.82, 2.24) is 15.2 Å². The van der Waals surface area contributed by atoms with E-state index in [4.69, 9.17) is 24.5 Å². The molecule has 8 aromatic rings. The number of oxime groups is 1. The normalized spacial score (nSPS) is 15.7. The Bertz CT molecular complexity index is 3190. The maximum absolute atomic E-state index is 15.2. The Labute approximate surface area is 446 Å². The van der Waals surface area contributed by atoms with Crippen LogP contribution in [0.4, 0.5) is 13.9 Å². The molecule has 1 aromatic heterocycles. The minimum atomic E-state index is -2.82. The molecule has 0 radical (unpaired) electrons. The number of allylic oxidation sites excluding steroid dienone is 2. The molecule has 2 amide bonds. The first-order valence-electron chi connectivity index (χ1n) is 24.3. The van der Waals surface area contributed by atoms with E-state index in [1.54, 1.807) is 29.6 Å². The van der Waals surface area contributed by atoms with E-state index < -0.39 is 46.8 Å². The van der Waals surface area contributed by atoms with Gasteiger partial charge in [0.1, 0.15) is 40.7 Å². The van der Waals surface area contributed by atoms with E-state index in [0.29, 0.717) is 39.2 Å². The molecule has 15 heteroatoms. The molecular weight excluding hydrogens is 1000 g/mol. The van der Waals surface area contributed by atoms with Crippen LogP contribution in [0.1, 0.15) is 44.6 Å². The first-order chi connectivity index (χ1) is 37.2. The first-order valence-corrected chi connectivity index (χ1v) is 26.2. The third-order valence-electron chi connectivity index (χ3n) is 13.1. The van der Waals surface area contributed by atoms with Gasteiger partial charge in [0.25, 0.3) is 18.2 Å². The number of amides is 2. The Morgan fingerprint density at radius 2 is 1.21 bits per heavy atom. The van der Waals surface area contributed by atoms with Crippen molar-refractivity contribution in [2.45, 2.75) is 35.6 Å². The van der Waals surface area contributed by atoms with Gasteiger partial charge in [0.05, 0.1) is 7.11 Å². The highest BCUT2D eigenvalue weighted by molar-refractivity contribution is 8.00. The number of fused-ring (bicyclic) bond motifs is 1. The molecule has 76 heavy (non-hydrogen) atoms. The molecule has 0 aliphatic carbocycles. The molecule has 0 saturated carbocycles. The van der Waals surface area contributed by atoms with Gasteiger partial charge in [-0.3, -0.25) is 14.5 Å². The zero-order valence-electron chi connectivity index (χ0n) is 40.9. The maximum atomic E-state index is 15.2. The molecule has 3 heterocycles. The van der Waals surface area contributed by atoms with Crippen LogP contribution >= 0.6 is 23.1 Å². The van der Waals surface area contributed by atoms with Crippen LogP contribution < -0.4 is 15.4 Å². The Kier molecular flexibility index (Phi) is 15.3. The number of aromatic nitrogens is 1. The smallest absolute Gasteiger partial charge is 0.355 e. The summed E-state index contributed by atoms with van der Waals surface area (Å²) in [4.78, 5) is 56.8. The molecule has 0 bridgehead atoms. The molecule has 11 nitrogen and oxygen atoms in total. The number of alkyl halides is 2. The topological polar surface area (TPSA) is 131 Å². The number of hydrogen-bond acceptors (Lipinski definition) is 11. The molecule has 7 aromatic carbocycles. The monoisotopic (exact) mass is 1050 g/mol. The number of rotatable bonds is 19. The summed E-state index contributed by atoms with van der Waals surface area (Å²) in [6, 6.07) is 64.4. The summed E-state index contributed by atoms with van der Waals surface area (Å²) in [5.74, 6) is -1.68. The lowest BCUT2D eigenvalue weighted by Crippen LogP contribution is -2.71. The van der Waals surface area contributed by atoms with Crippen LogP contribution in [0.25, 0.3) is 0 Å². The van der Waals surface area contributed by atoms with Gasteiger partial charge in [0.15, 0.2) is 10.8 Å². The lowest BCUT2D eigenvalue weighted by Gasteiger charge is -2.49. The SMILES string of the molecule is COc1ccc(COC(=O)C2=C(/C=C\C(F)F)CS[C@@H]3[C@H](NC(=O)/C(=N\OC(c4ccccc4)(c4ccccc4)c4ccccc4)c4csc(NC(c5ccccc5)(c5ccccc5)c5ccccc5)n4)C(=O)N23)cc1. The fraction of sp³-hybridized carbons (Fsp3) is 0.131. The lowest BCUT2D eigenvalue weighted by atomic mass is 9.77. The number of carbonyl (C=O) groups excluding carboxylic acids is 3. The van der Waals surface area contributed by atoms with Crippen molar-refractivity contribution in [3.63, 3.8) is 0 Å². The molecule has 0 spiro atoms. The molecule has 1 fully saturated rings. The fourth-order valence-electron chi connectivity index (χ4n) is 9.47. The number of thioether (sulfide) groups is 1. The van der Waals surface area contributed by atoms with Crippen molar-refractivity contribution in [2.24, 2.45) is 5.16 Å². The van der Waals surface area contributed by atoms with Gasteiger partial charge >= 0.3 is 5.97 Å². The van der Waals surface area contributed by atoms with E-state index in [1.165, 1.54) is 35.1 Å². The van der Waals surface area contributed by atoms with E-state index in [2.05, 4.69) is 10.6 Å². The Morgan fingerprint density at radius 3 is 1.68 bits per heavy atom. The standard InChI is InChI=1S/C61H49F2N5O6S2/c1-72-49-35-32-41(33-36-49)38-73-58(71)54-42(34-37-51(62)63)39-75-57-53(56(70)68(54)57)65-55(69)52(67-74-61(46-26-14-5-15-27-46,47-28-16-6-17-29-47)48-30-18-7-19-31-48)50-40-76-59(64-50)66-60(43-20-8-2-9-21-43,44-22-10-3-11-23-44)45-24-12-4-13-25-45/h2-37,40,51,53,57H,38-39H2,1H3,(H,64,66)(H,65,69)/b37-34-,67-52-/t53-,57-/m1/s1. The average Bonchev–Trinajstić information content (AvgIpc) is 3.95. The zero-order valence-corrected chi connectivity index (χ0v) is 42.5. The number of anilines is 1. The highest BCUT2D eigenvalue weighted by Gasteiger charge is 2.55. The number of hydrogen-bond donors (Lipinski definition) is 2. The van der Waals surface area contributed by atoms with Gasteiger partial charge in [-0.15, -0.1) is 23.1 Å². The second-order valence-electron chi connectivity index (χ2n) is 17.7. The minimum Gasteiger partial charge on any atom is -0.497 e. The number of thiazole rings is 1. The predicted molar refractivity (Wildman–Crippen MR) is 292 cm³/mol. The number of nitrogens with zero attached hydrogens (tertiary/aromatic N) is 3. The first kappa shape index (κ1) is 50.9. The number of esters is 1.